The SMILES string of the molecule is C[C@@H]1C(=O)[C@H](C)[C@@H](c2cc(Cl)ccc2O)N[C@@H]1c1cc(Cl)ccc1O. The second-order valence-corrected chi connectivity index (χ2v) is 7.38. The summed E-state index contributed by atoms with van der Waals surface area (Å²) >= 11 is 12.1. The van der Waals surface area contributed by atoms with Crippen molar-refractivity contribution < 1.29 is 15.0 Å². The third kappa shape index (κ3) is 3.34. The molecule has 0 aliphatic carbocycles. The summed E-state index contributed by atoms with van der Waals surface area (Å²) in [4.78, 5) is 12.8. The molecule has 132 valence electrons. The van der Waals surface area contributed by atoms with E-state index < -0.39 is 12.1 Å². The number of Topliss-reactive ketones (excluding diaryl/α,β-unsaturated/α-hetero) is 1. The van der Waals surface area contributed by atoms with Crippen LogP contribution in [-0.2, 0) is 4.79 Å². The van der Waals surface area contributed by atoms with Crippen molar-refractivity contribution in [2.75, 3.05) is 0 Å². The van der Waals surface area contributed by atoms with Crippen LogP contribution < -0.4 is 5.32 Å². The highest BCUT2D eigenvalue weighted by atomic mass is 35.5. The molecule has 4 atom stereocenters. The Balaban J connectivity index is 2.05. The molecule has 0 aromatic heterocycles. The monoisotopic (exact) mass is 379 g/mol. The molecule has 0 saturated carbocycles. The van der Waals surface area contributed by atoms with Gasteiger partial charge in [0, 0.05) is 45.1 Å². The molecule has 25 heavy (non-hydrogen) atoms. The average molecular weight is 380 g/mol. The Morgan fingerprint density at radius 3 is 1.64 bits per heavy atom. The number of nitrogens with one attached hydrogen (secondary N) is 1. The molecule has 1 aliphatic heterocycles. The van der Waals surface area contributed by atoms with E-state index in [1.165, 1.54) is 12.1 Å². The molecule has 3 rings (SSSR count). The first-order chi connectivity index (χ1) is 11.8. The minimum absolute atomic E-state index is 0.0486. The maximum Gasteiger partial charge on any atom is 0.142 e. The predicted octanol–water partition coefficient (Wildman–Crippen LogP) is 4.63. The molecule has 1 saturated heterocycles. The van der Waals surface area contributed by atoms with Crippen molar-refractivity contribution in [3.63, 3.8) is 0 Å². The molecular formula is C19H19Cl2NO3. The van der Waals surface area contributed by atoms with Crippen LogP contribution in [-0.4, -0.2) is 16.0 Å². The van der Waals surface area contributed by atoms with Crippen molar-refractivity contribution in [2.24, 2.45) is 11.8 Å². The van der Waals surface area contributed by atoms with E-state index in [1.54, 1.807) is 24.3 Å². The molecule has 1 fully saturated rings. The van der Waals surface area contributed by atoms with Gasteiger partial charge in [0.2, 0.25) is 0 Å². The molecule has 4 nitrogen and oxygen atoms in total. The van der Waals surface area contributed by atoms with Gasteiger partial charge in [0.15, 0.2) is 0 Å². The minimum Gasteiger partial charge on any atom is -0.508 e. The number of rotatable bonds is 2. The summed E-state index contributed by atoms with van der Waals surface area (Å²) in [6.45, 7) is 3.65. The fraction of sp³-hybridized carbons (Fsp3) is 0.316. The first-order valence-electron chi connectivity index (χ1n) is 8.06. The predicted molar refractivity (Wildman–Crippen MR) is 98.2 cm³/mol. The zero-order valence-electron chi connectivity index (χ0n) is 13.8. The lowest BCUT2D eigenvalue weighted by Gasteiger charge is -2.40. The molecular weight excluding hydrogens is 361 g/mol. The van der Waals surface area contributed by atoms with Crippen LogP contribution in [0.3, 0.4) is 0 Å². The molecule has 3 N–H and O–H groups in total. The van der Waals surface area contributed by atoms with Gasteiger partial charge in [-0.25, -0.2) is 0 Å². The molecule has 0 bridgehead atoms. The van der Waals surface area contributed by atoms with Crippen LogP contribution in [0.5, 0.6) is 11.5 Å². The number of piperidine rings is 1. The minimum atomic E-state index is -0.425. The van der Waals surface area contributed by atoms with E-state index in [0.29, 0.717) is 21.2 Å². The maximum absolute atomic E-state index is 12.8. The normalized spacial score (nSPS) is 26.6. The van der Waals surface area contributed by atoms with Crippen LogP contribution in [0.15, 0.2) is 36.4 Å². The van der Waals surface area contributed by atoms with E-state index in [9.17, 15) is 15.0 Å². The van der Waals surface area contributed by atoms with Gasteiger partial charge in [-0.1, -0.05) is 37.0 Å². The number of phenolic OH excluding ortho intramolecular Hbond substituents is 2. The third-order valence-corrected chi connectivity index (χ3v) is 5.38. The second-order valence-electron chi connectivity index (χ2n) is 6.51. The fourth-order valence-corrected chi connectivity index (χ4v) is 3.85. The molecule has 2 aromatic carbocycles. The van der Waals surface area contributed by atoms with Crippen molar-refractivity contribution in [1.82, 2.24) is 5.32 Å². The van der Waals surface area contributed by atoms with Crippen molar-refractivity contribution >= 4 is 29.0 Å². The van der Waals surface area contributed by atoms with Crippen molar-refractivity contribution in [1.29, 1.82) is 0 Å². The molecule has 0 radical (unpaired) electrons. The lowest BCUT2D eigenvalue weighted by atomic mass is 9.76. The Morgan fingerprint density at radius 1 is 0.840 bits per heavy atom. The highest BCUT2D eigenvalue weighted by molar-refractivity contribution is 6.31. The Morgan fingerprint density at radius 2 is 1.24 bits per heavy atom. The number of ketones is 1. The van der Waals surface area contributed by atoms with Crippen LogP contribution in [0.25, 0.3) is 0 Å². The lowest BCUT2D eigenvalue weighted by Crippen LogP contribution is -2.46. The van der Waals surface area contributed by atoms with Crippen LogP contribution in [0.4, 0.5) is 0 Å². The summed E-state index contributed by atoms with van der Waals surface area (Å²) < 4.78 is 0. The zero-order chi connectivity index (χ0) is 18.3. The number of aromatic hydroxyl groups is 2. The van der Waals surface area contributed by atoms with Crippen molar-refractivity contribution in [3.05, 3.63) is 57.6 Å². The van der Waals surface area contributed by atoms with Crippen LogP contribution >= 0.6 is 23.2 Å². The first-order valence-corrected chi connectivity index (χ1v) is 8.81. The molecule has 1 heterocycles. The smallest absolute Gasteiger partial charge is 0.142 e. The maximum atomic E-state index is 12.8. The Kier molecular flexibility index (Phi) is 4.96. The van der Waals surface area contributed by atoms with Crippen molar-refractivity contribution in [2.45, 2.75) is 25.9 Å². The third-order valence-electron chi connectivity index (χ3n) is 4.91. The van der Waals surface area contributed by atoms with E-state index in [-0.39, 0.29) is 29.1 Å². The summed E-state index contributed by atoms with van der Waals surface area (Å²) in [5.41, 5.74) is 1.12. The molecule has 2 aromatic rings. The number of phenols is 2. The summed E-state index contributed by atoms with van der Waals surface area (Å²) in [5, 5.41) is 24.8. The van der Waals surface area contributed by atoms with Crippen LogP contribution in [0.2, 0.25) is 10.0 Å². The highest BCUT2D eigenvalue weighted by Crippen LogP contribution is 2.43. The van der Waals surface area contributed by atoms with Crippen LogP contribution in [0.1, 0.15) is 37.1 Å². The van der Waals surface area contributed by atoms with Crippen molar-refractivity contribution in [3.8, 4) is 11.5 Å². The van der Waals surface area contributed by atoms with Crippen LogP contribution in [0, 0.1) is 11.8 Å². The number of benzene rings is 2. The number of carbonyl (C=O) groups is 1. The van der Waals surface area contributed by atoms with E-state index in [4.69, 9.17) is 23.2 Å². The standard InChI is InChI=1S/C19H19Cl2NO3/c1-9-17(13-7-11(20)3-5-15(13)23)22-18(10(2)19(9)25)14-8-12(21)4-6-16(14)24/h3-10,17-18,22-24H,1-2H3/t9-,10+,17-,18-/m0/s1. The van der Waals surface area contributed by atoms with Gasteiger partial charge in [0.1, 0.15) is 17.3 Å². The Hall–Kier alpha value is -1.75. The second kappa shape index (κ2) is 6.87. The van der Waals surface area contributed by atoms with Gasteiger partial charge in [-0.3, -0.25) is 4.79 Å². The van der Waals surface area contributed by atoms with Gasteiger partial charge in [-0.15, -0.1) is 0 Å². The molecule has 6 heteroatoms. The van der Waals surface area contributed by atoms with E-state index in [0.717, 1.165) is 0 Å². The number of hydrogen-bond donors (Lipinski definition) is 3. The number of halogens is 2. The molecule has 0 spiro atoms. The average Bonchev–Trinajstić information content (AvgIpc) is 2.58. The lowest BCUT2D eigenvalue weighted by molar-refractivity contribution is -0.130. The summed E-state index contributed by atoms with van der Waals surface area (Å²) in [5.74, 6) is -0.503. The largest absolute Gasteiger partial charge is 0.508 e. The molecule has 0 amide bonds. The van der Waals surface area contributed by atoms with Gasteiger partial charge in [-0.05, 0) is 36.4 Å². The van der Waals surface area contributed by atoms with E-state index in [1.807, 2.05) is 13.8 Å². The zero-order valence-corrected chi connectivity index (χ0v) is 15.3. The summed E-state index contributed by atoms with van der Waals surface area (Å²) in [7, 11) is 0. The molecule has 0 unspecified atom stereocenters. The van der Waals surface area contributed by atoms with Gasteiger partial charge < -0.3 is 15.5 Å². The van der Waals surface area contributed by atoms with E-state index in [2.05, 4.69) is 5.32 Å². The quantitative estimate of drug-likeness (QED) is 0.711. The van der Waals surface area contributed by atoms with Gasteiger partial charge in [-0.2, -0.15) is 0 Å². The van der Waals surface area contributed by atoms with Gasteiger partial charge in [0.05, 0.1) is 0 Å². The fourth-order valence-electron chi connectivity index (χ4n) is 3.49. The van der Waals surface area contributed by atoms with Gasteiger partial charge >= 0.3 is 0 Å². The van der Waals surface area contributed by atoms with E-state index >= 15 is 0 Å². The topological polar surface area (TPSA) is 69.6 Å². The molecule has 1 aliphatic rings. The summed E-state index contributed by atoms with van der Waals surface area (Å²) in [6.07, 6.45) is 0. The van der Waals surface area contributed by atoms with Gasteiger partial charge in [0.25, 0.3) is 0 Å². The number of hydrogen-bond acceptors (Lipinski definition) is 4. The number of carbonyl (C=O) groups excluding carboxylic acids is 1. The highest BCUT2D eigenvalue weighted by Gasteiger charge is 2.41. The Bertz CT molecular complexity index is 759. The Labute approximate surface area is 156 Å². The summed E-state index contributed by atoms with van der Waals surface area (Å²) in [6, 6.07) is 8.68. The first kappa shape index (κ1) is 18.1.